The number of nitrogens with zero attached hydrogens (tertiary/aromatic N) is 1. The first-order valence-electron chi connectivity index (χ1n) is 19.6. The molecule has 9 aromatic rings. The number of hydrogen-bond donors (Lipinski definition) is 0. The van der Waals surface area contributed by atoms with Crippen LogP contribution in [0.25, 0.3) is 77.5 Å². The van der Waals surface area contributed by atoms with Crippen LogP contribution in [0, 0.1) is 0 Å². The van der Waals surface area contributed by atoms with E-state index in [1.54, 1.807) is 0 Å². The van der Waals surface area contributed by atoms with E-state index < -0.39 is 0 Å². The summed E-state index contributed by atoms with van der Waals surface area (Å²) in [7, 11) is 0. The van der Waals surface area contributed by atoms with E-state index in [1.807, 2.05) is 0 Å². The fourth-order valence-electron chi connectivity index (χ4n) is 9.17. The molecule has 2 aliphatic carbocycles. The second-order valence-corrected chi connectivity index (χ2v) is 15.1. The van der Waals surface area contributed by atoms with Crippen LogP contribution in [0.2, 0.25) is 0 Å². The summed E-state index contributed by atoms with van der Waals surface area (Å²) in [6.07, 6.45) is 13.5. The third-order valence-electron chi connectivity index (χ3n) is 11.9. The smallest absolute Gasteiger partial charge is 0.0467 e. The van der Waals surface area contributed by atoms with Crippen LogP contribution >= 0.6 is 0 Å². The number of benzene rings is 9. The molecule has 0 radical (unpaired) electrons. The Morgan fingerprint density at radius 2 is 0.945 bits per heavy atom. The number of rotatable bonds is 5. The van der Waals surface area contributed by atoms with Crippen LogP contribution in [0.1, 0.15) is 35.1 Å². The number of hydrogen-bond acceptors (Lipinski definition) is 1. The highest BCUT2D eigenvalue weighted by Crippen LogP contribution is 2.44. The minimum absolute atomic E-state index is 1.08. The first-order valence-corrected chi connectivity index (χ1v) is 19.6. The highest BCUT2D eigenvalue weighted by molar-refractivity contribution is 6.25. The van der Waals surface area contributed by atoms with E-state index in [9.17, 15) is 0 Å². The number of aryl methyl sites for hydroxylation is 2. The molecule has 9 aromatic carbocycles. The molecule has 0 amide bonds. The van der Waals surface area contributed by atoms with E-state index in [-0.39, 0.29) is 0 Å². The van der Waals surface area contributed by atoms with Crippen molar-refractivity contribution in [3.8, 4) is 22.3 Å². The van der Waals surface area contributed by atoms with Gasteiger partial charge in [-0.25, -0.2) is 0 Å². The van der Waals surface area contributed by atoms with Crippen LogP contribution in [0.4, 0.5) is 17.1 Å². The predicted octanol–water partition coefficient (Wildman–Crippen LogP) is 15.0. The van der Waals surface area contributed by atoms with E-state index in [1.165, 1.54) is 99.0 Å². The molecule has 1 nitrogen and oxygen atoms in total. The standard InChI is InChI=1S/C54H39N/c1-4-14-40-31-43(22-21-36(40)11-1)53-35-44-34-52(48-17-7-9-19-50(48)54(44)51-20-10-8-18-49(51)53)39-25-27-45(28-26-39)55(46-29-23-37-12-2-5-15-41(37)32-46)47-30-24-38-13-3-6-16-42(38)33-47/h1-2,4,6-12,14,16-35H,3,5,13,15H2. The van der Waals surface area contributed by atoms with Crippen LogP contribution in [-0.2, 0) is 12.8 Å². The van der Waals surface area contributed by atoms with Crippen molar-refractivity contribution in [2.24, 2.45) is 0 Å². The minimum atomic E-state index is 1.08. The lowest BCUT2D eigenvalue weighted by Gasteiger charge is -2.28. The Morgan fingerprint density at radius 1 is 0.364 bits per heavy atom. The third-order valence-corrected chi connectivity index (χ3v) is 11.9. The van der Waals surface area contributed by atoms with Gasteiger partial charge in [-0.05, 0) is 168 Å². The molecular formula is C54H39N. The van der Waals surface area contributed by atoms with Gasteiger partial charge < -0.3 is 4.90 Å². The first kappa shape index (κ1) is 31.8. The average molecular weight is 702 g/mol. The van der Waals surface area contributed by atoms with Gasteiger partial charge in [0.2, 0.25) is 0 Å². The summed E-state index contributed by atoms with van der Waals surface area (Å²) in [4.78, 5) is 2.44. The fraction of sp³-hybridized carbons (Fsp3) is 0.0741. The van der Waals surface area contributed by atoms with Crippen LogP contribution < -0.4 is 4.90 Å². The summed E-state index contributed by atoms with van der Waals surface area (Å²) in [6, 6.07) is 61.5. The van der Waals surface area contributed by atoms with Crippen molar-refractivity contribution >= 4 is 72.3 Å². The Hall–Kier alpha value is -6.70. The number of allylic oxidation sites excluding steroid dienone is 2. The topological polar surface area (TPSA) is 3.24 Å². The number of anilines is 3. The molecule has 0 saturated heterocycles. The van der Waals surface area contributed by atoms with Crippen molar-refractivity contribution < 1.29 is 0 Å². The van der Waals surface area contributed by atoms with Crippen molar-refractivity contribution in [2.75, 3.05) is 4.90 Å². The molecule has 260 valence electrons. The van der Waals surface area contributed by atoms with Crippen molar-refractivity contribution in [1.29, 1.82) is 0 Å². The van der Waals surface area contributed by atoms with Crippen molar-refractivity contribution in [3.63, 3.8) is 0 Å². The summed E-state index contributed by atoms with van der Waals surface area (Å²) >= 11 is 0. The molecule has 0 aliphatic heterocycles. The maximum absolute atomic E-state index is 2.44. The molecule has 0 N–H and O–H groups in total. The van der Waals surface area contributed by atoms with Gasteiger partial charge in [-0.3, -0.25) is 0 Å². The Kier molecular flexibility index (Phi) is 7.52. The van der Waals surface area contributed by atoms with Crippen molar-refractivity contribution in [1.82, 2.24) is 0 Å². The van der Waals surface area contributed by atoms with Gasteiger partial charge in [-0.1, -0.05) is 133 Å². The fourth-order valence-corrected chi connectivity index (χ4v) is 9.17. The Morgan fingerprint density at radius 3 is 1.71 bits per heavy atom. The average Bonchev–Trinajstić information content (AvgIpc) is 3.26. The molecule has 0 unspecified atom stereocenters. The zero-order valence-corrected chi connectivity index (χ0v) is 30.7. The van der Waals surface area contributed by atoms with E-state index in [0.29, 0.717) is 0 Å². The maximum atomic E-state index is 2.44. The Balaban J connectivity index is 1.07. The SMILES string of the molecule is C1=Cc2cc(N(c3ccc(-c4cc5cc(-c6ccc7ccccc7c6)c6ccccc6c5c5ccccc45)cc3)c3ccc4c(c3)CCC=C4)ccc2CC1. The highest BCUT2D eigenvalue weighted by atomic mass is 15.1. The van der Waals surface area contributed by atoms with Crippen LogP contribution in [-0.4, -0.2) is 0 Å². The zero-order valence-electron chi connectivity index (χ0n) is 30.7. The Bertz CT molecular complexity index is 3030. The molecule has 1 heteroatoms. The molecule has 0 spiro atoms. The van der Waals surface area contributed by atoms with Gasteiger partial charge in [-0.15, -0.1) is 0 Å². The molecular weight excluding hydrogens is 663 g/mol. The first-order chi connectivity index (χ1) is 27.2. The van der Waals surface area contributed by atoms with Crippen LogP contribution in [0.15, 0.2) is 176 Å². The quantitative estimate of drug-likeness (QED) is 0.162. The van der Waals surface area contributed by atoms with Crippen LogP contribution in [0.3, 0.4) is 0 Å². The molecule has 11 rings (SSSR count). The summed E-state index contributed by atoms with van der Waals surface area (Å²) < 4.78 is 0. The monoisotopic (exact) mass is 701 g/mol. The normalized spacial score (nSPS) is 13.4. The second kappa shape index (κ2) is 13.0. The maximum Gasteiger partial charge on any atom is 0.0467 e. The molecule has 0 heterocycles. The largest absolute Gasteiger partial charge is 0.310 e. The molecule has 0 fully saturated rings. The summed E-state index contributed by atoms with van der Waals surface area (Å²) in [5.74, 6) is 0. The summed E-state index contributed by atoms with van der Waals surface area (Å²) in [5.41, 5.74) is 14.0. The van der Waals surface area contributed by atoms with E-state index >= 15 is 0 Å². The van der Waals surface area contributed by atoms with Gasteiger partial charge in [0, 0.05) is 17.1 Å². The van der Waals surface area contributed by atoms with E-state index in [0.717, 1.165) is 31.4 Å². The molecule has 55 heavy (non-hydrogen) atoms. The predicted molar refractivity (Wildman–Crippen MR) is 237 cm³/mol. The molecule has 0 aromatic heterocycles. The summed E-state index contributed by atoms with van der Waals surface area (Å²) in [6.45, 7) is 0. The molecule has 0 atom stereocenters. The van der Waals surface area contributed by atoms with Gasteiger partial charge in [0.15, 0.2) is 0 Å². The lowest BCUT2D eigenvalue weighted by Crippen LogP contribution is -2.12. The van der Waals surface area contributed by atoms with Crippen molar-refractivity contribution in [2.45, 2.75) is 25.7 Å². The van der Waals surface area contributed by atoms with Gasteiger partial charge >= 0.3 is 0 Å². The molecule has 0 bridgehead atoms. The lowest BCUT2D eigenvalue weighted by molar-refractivity contribution is 0.982. The van der Waals surface area contributed by atoms with Gasteiger partial charge in [0.1, 0.15) is 0 Å². The summed E-state index contributed by atoms with van der Waals surface area (Å²) in [5, 5.41) is 10.2. The minimum Gasteiger partial charge on any atom is -0.310 e. The second-order valence-electron chi connectivity index (χ2n) is 15.1. The van der Waals surface area contributed by atoms with Crippen LogP contribution in [0.5, 0.6) is 0 Å². The van der Waals surface area contributed by atoms with Gasteiger partial charge in [-0.2, -0.15) is 0 Å². The van der Waals surface area contributed by atoms with Gasteiger partial charge in [0.25, 0.3) is 0 Å². The van der Waals surface area contributed by atoms with E-state index in [4.69, 9.17) is 0 Å². The molecule has 0 saturated carbocycles. The zero-order chi connectivity index (χ0) is 36.3. The van der Waals surface area contributed by atoms with E-state index in [2.05, 4.69) is 193 Å². The highest BCUT2D eigenvalue weighted by Gasteiger charge is 2.19. The number of fused-ring (bicyclic) bond motifs is 8. The lowest BCUT2D eigenvalue weighted by atomic mass is 9.87. The third kappa shape index (κ3) is 5.46. The Labute approximate surface area is 322 Å². The molecule has 2 aliphatic rings. The van der Waals surface area contributed by atoms with Crippen molar-refractivity contribution in [3.05, 3.63) is 198 Å². The van der Waals surface area contributed by atoms with Gasteiger partial charge in [0.05, 0.1) is 0 Å².